The smallest absolute Gasteiger partial charge is 0.221 e. The van der Waals surface area contributed by atoms with Gasteiger partial charge >= 0.3 is 0 Å². The second-order valence-electron chi connectivity index (χ2n) is 3.80. The second kappa shape index (κ2) is 6.51. The SMILES string of the molecule is CCNCCCc1nnc(Cc2cccs2)o1. The van der Waals surface area contributed by atoms with Crippen LogP contribution in [0.25, 0.3) is 0 Å². The van der Waals surface area contributed by atoms with Crippen LogP contribution in [0.5, 0.6) is 0 Å². The quantitative estimate of drug-likeness (QED) is 0.767. The molecule has 0 amide bonds. The van der Waals surface area contributed by atoms with E-state index in [4.69, 9.17) is 4.42 Å². The number of aromatic nitrogens is 2. The van der Waals surface area contributed by atoms with Crippen molar-refractivity contribution in [2.75, 3.05) is 13.1 Å². The third-order valence-electron chi connectivity index (χ3n) is 2.41. The predicted octanol–water partition coefficient (Wildman–Crippen LogP) is 2.26. The molecule has 0 aliphatic heterocycles. The standard InChI is InChI=1S/C12H17N3OS/c1-2-13-7-3-6-11-14-15-12(16-11)9-10-5-4-8-17-10/h4-5,8,13H,2-3,6-7,9H2,1H3. The van der Waals surface area contributed by atoms with Gasteiger partial charge in [-0.25, -0.2) is 0 Å². The van der Waals surface area contributed by atoms with Crippen LogP contribution >= 0.6 is 11.3 Å². The summed E-state index contributed by atoms with van der Waals surface area (Å²) in [6, 6.07) is 4.12. The van der Waals surface area contributed by atoms with E-state index >= 15 is 0 Å². The molecule has 2 aromatic heterocycles. The van der Waals surface area contributed by atoms with Crippen molar-refractivity contribution in [2.45, 2.75) is 26.2 Å². The number of rotatable bonds is 7. The number of hydrogen-bond donors (Lipinski definition) is 1. The largest absolute Gasteiger partial charge is 0.425 e. The van der Waals surface area contributed by atoms with E-state index < -0.39 is 0 Å². The fourth-order valence-corrected chi connectivity index (χ4v) is 2.26. The Hall–Kier alpha value is -1.20. The Morgan fingerprint density at radius 1 is 1.35 bits per heavy atom. The van der Waals surface area contributed by atoms with Crippen LogP contribution in [0.1, 0.15) is 30.0 Å². The lowest BCUT2D eigenvalue weighted by Crippen LogP contribution is -2.14. The Kier molecular flexibility index (Phi) is 4.70. The van der Waals surface area contributed by atoms with Crippen LogP contribution in [0.3, 0.4) is 0 Å². The third-order valence-corrected chi connectivity index (χ3v) is 3.28. The molecule has 0 bridgehead atoms. The minimum Gasteiger partial charge on any atom is -0.425 e. The topological polar surface area (TPSA) is 51.0 Å². The highest BCUT2D eigenvalue weighted by molar-refractivity contribution is 7.09. The van der Waals surface area contributed by atoms with Crippen LogP contribution in [-0.2, 0) is 12.8 Å². The molecule has 0 aliphatic rings. The zero-order chi connectivity index (χ0) is 11.9. The molecule has 17 heavy (non-hydrogen) atoms. The number of hydrogen-bond acceptors (Lipinski definition) is 5. The minimum atomic E-state index is 0.714. The third kappa shape index (κ3) is 3.94. The van der Waals surface area contributed by atoms with Gasteiger partial charge in [0.1, 0.15) is 0 Å². The highest BCUT2D eigenvalue weighted by Gasteiger charge is 2.07. The van der Waals surface area contributed by atoms with Gasteiger partial charge in [-0.1, -0.05) is 13.0 Å². The minimum absolute atomic E-state index is 0.714. The molecule has 2 heterocycles. The van der Waals surface area contributed by atoms with Crippen molar-refractivity contribution in [1.29, 1.82) is 0 Å². The van der Waals surface area contributed by atoms with E-state index in [1.165, 1.54) is 4.88 Å². The summed E-state index contributed by atoms with van der Waals surface area (Å²) in [6.45, 7) is 4.11. The Morgan fingerprint density at radius 2 is 2.24 bits per heavy atom. The lowest BCUT2D eigenvalue weighted by Gasteiger charge is -1.97. The van der Waals surface area contributed by atoms with Crippen LogP contribution in [-0.4, -0.2) is 23.3 Å². The molecule has 5 heteroatoms. The summed E-state index contributed by atoms with van der Waals surface area (Å²) < 4.78 is 5.59. The van der Waals surface area contributed by atoms with Crippen LogP contribution < -0.4 is 5.32 Å². The van der Waals surface area contributed by atoms with Gasteiger partial charge in [-0.2, -0.15) is 0 Å². The summed E-state index contributed by atoms with van der Waals surface area (Å²) in [5.74, 6) is 1.46. The summed E-state index contributed by atoms with van der Waals surface area (Å²) in [5.41, 5.74) is 0. The van der Waals surface area contributed by atoms with Crippen molar-refractivity contribution in [3.05, 3.63) is 34.2 Å². The summed E-state index contributed by atoms with van der Waals surface area (Å²) in [6.07, 6.45) is 2.64. The number of aryl methyl sites for hydroxylation is 1. The molecule has 0 aromatic carbocycles. The van der Waals surface area contributed by atoms with Crippen molar-refractivity contribution in [2.24, 2.45) is 0 Å². The fraction of sp³-hybridized carbons (Fsp3) is 0.500. The highest BCUT2D eigenvalue weighted by Crippen LogP contribution is 2.14. The Morgan fingerprint density at radius 3 is 3.00 bits per heavy atom. The molecule has 0 saturated heterocycles. The molecular weight excluding hydrogens is 234 g/mol. The Balaban J connectivity index is 1.79. The summed E-state index contributed by atoms with van der Waals surface area (Å²) in [5, 5.41) is 13.4. The normalized spacial score (nSPS) is 10.9. The number of thiophene rings is 1. The first kappa shape index (κ1) is 12.3. The van der Waals surface area contributed by atoms with Crippen LogP contribution in [0, 0.1) is 0 Å². The van der Waals surface area contributed by atoms with Gasteiger partial charge in [-0.15, -0.1) is 21.5 Å². The van der Waals surface area contributed by atoms with Gasteiger partial charge in [0.05, 0.1) is 6.42 Å². The van der Waals surface area contributed by atoms with Crippen molar-refractivity contribution >= 4 is 11.3 Å². The lowest BCUT2D eigenvalue weighted by atomic mass is 10.3. The molecule has 0 unspecified atom stereocenters. The number of nitrogens with zero attached hydrogens (tertiary/aromatic N) is 2. The van der Waals surface area contributed by atoms with E-state index in [9.17, 15) is 0 Å². The first-order valence-corrected chi connectivity index (χ1v) is 6.81. The van der Waals surface area contributed by atoms with Gasteiger partial charge in [-0.3, -0.25) is 0 Å². The van der Waals surface area contributed by atoms with Gasteiger partial charge < -0.3 is 9.73 Å². The zero-order valence-corrected chi connectivity index (χ0v) is 10.8. The fourth-order valence-electron chi connectivity index (χ4n) is 1.56. The van der Waals surface area contributed by atoms with E-state index in [1.807, 2.05) is 6.07 Å². The molecule has 2 aromatic rings. The summed E-state index contributed by atoms with van der Waals surface area (Å²) in [4.78, 5) is 1.26. The highest BCUT2D eigenvalue weighted by atomic mass is 32.1. The Labute approximate surface area is 105 Å². The molecular formula is C12H17N3OS. The van der Waals surface area contributed by atoms with E-state index in [0.717, 1.165) is 38.2 Å². The van der Waals surface area contributed by atoms with E-state index in [0.29, 0.717) is 5.89 Å². The first-order valence-electron chi connectivity index (χ1n) is 5.93. The lowest BCUT2D eigenvalue weighted by molar-refractivity contribution is 0.450. The Bertz CT molecular complexity index is 425. The zero-order valence-electron chi connectivity index (χ0n) is 9.98. The molecule has 0 atom stereocenters. The van der Waals surface area contributed by atoms with E-state index in [2.05, 4.69) is 33.9 Å². The first-order chi connectivity index (χ1) is 8.38. The van der Waals surface area contributed by atoms with Crippen molar-refractivity contribution < 1.29 is 4.42 Å². The molecule has 0 fully saturated rings. The predicted molar refractivity (Wildman–Crippen MR) is 68.3 cm³/mol. The van der Waals surface area contributed by atoms with Gasteiger partial charge in [0.2, 0.25) is 11.8 Å². The molecule has 0 aliphatic carbocycles. The van der Waals surface area contributed by atoms with Gasteiger partial charge in [0.25, 0.3) is 0 Å². The monoisotopic (exact) mass is 251 g/mol. The average Bonchev–Trinajstić information content (AvgIpc) is 2.97. The van der Waals surface area contributed by atoms with Gasteiger partial charge in [0, 0.05) is 11.3 Å². The maximum absolute atomic E-state index is 5.59. The van der Waals surface area contributed by atoms with Crippen molar-refractivity contribution in [3.63, 3.8) is 0 Å². The average molecular weight is 251 g/mol. The van der Waals surface area contributed by atoms with Crippen LogP contribution in [0.15, 0.2) is 21.9 Å². The maximum Gasteiger partial charge on any atom is 0.221 e. The molecule has 2 rings (SSSR count). The summed E-state index contributed by atoms with van der Waals surface area (Å²) >= 11 is 1.71. The summed E-state index contributed by atoms with van der Waals surface area (Å²) in [7, 11) is 0. The molecule has 92 valence electrons. The molecule has 4 nitrogen and oxygen atoms in total. The van der Waals surface area contributed by atoms with Crippen molar-refractivity contribution in [1.82, 2.24) is 15.5 Å². The molecule has 0 radical (unpaired) electrons. The van der Waals surface area contributed by atoms with Crippen molar-refractivity contribution in [3.8, 4) is 0 Å². The molecule has 0 saturated carbocycles. The van der Waals surface area contributed by atoms with Crippen LogP contribution in [0.4, 0.5) is 0 Å². The second-order valence-corrected chi connectivity index (χ2v) is 4.84. The van der Waals surface area contributed by atoms with Gasteiger partial charge in [-0.05, 0) is 31.0 Å². The number of nitrogens with one attached hydrogen (secondary N) is 1. The maximum atomic E-state index is 5.59. The van der Waals surface area contributed by atoms with E-state index in [-0.39, 0.29) is 0 Å². The molecule has 0 spiro atoms. The van der Waals surface area contributed by atoms with Crippen LogP contribution in [0.2, 0.25) is 0 Å². The molecule has 1 N–H and O–H groups in total. The van der Waals surface area contributed by atoms with E-state index in [1.54, 1.807) is 11.3 Å². The van der Waals surface area contributed by atoms with Gasteiger partial charge in [0.15, 0.2) is 0 Å².